The molecule has 32 heavy (non-hydrogen) atoms. The molecule has 0 radical (unpaired) electrons. The van der Waals surface area contributed by atoms with Crippen molar-refractivity contribution in [1.29, 1.82) is 0 Å². The fourth-order valence-electron chi connectivity index (χ4n) is 3.48. The summed E-state index contributed by atoms with van der Waals surface area (Å²) in [7, 11) is -3.77. The maximum atomic E-state index is 13.3. The van der Waals surface area contributed by atoms with Crippen LogP contribution in [0.4, 0.5) is 5.69 Å². The van der Waals surface area contributed by atoms with E-state index in [1.54, 1.807) is 65.2 Å². The van der Waals surface area contributed by atoms with E-state index in [4.69, 9.17) is 5.73 Å². The predicted octanol–water partition coefficient (Wildman–Crippen LogP) is 3.52. The number of aromatic nitrogens is 1. The van der Waals surface area contributed by atoms with E-state index in [9.17, 15) is 18.0 Å². The van der Waals surface area contributed by atoms with Gasteiger partial charge in [-0.2, -0.15) is 0 Å². The number of carbonyl (C=O) groups excluding carboxylic acids is 2. The number of para-hydroxylation sites is 1. The summed E-state index contributed by atoms with van der Waals surface area (Å²) in [5.74, 6) is -0.888. The Balaban J connectivity index is 1.65. The maximum Gasteiger partial charge on any atom is 0.248 e. The maximum absolute atomic E-state index is 13.3. The predicted molar refractivity (Wildman–Crippen MR) is 122 cm³/mol. The van der Waals surface area contributed by atoms with Gasteiger partial charge >= 0.3 is 0 Å². The first-order valence-electron chi connectivity index (χ1n) is 9.85. The summed E-state index contributed by atoms with van der Waals surface area (Å²) in [6.07, 6.45) is 1.50. The van der Waals surface area contributed by atoms with Gasteiger partial charge in [0.25, 0.3) is 0 Å². The van der Waals surface area contributed by atoms with Gasteiger partial charge in [-0.3, -0.25) is 9.59 Å². The number of nitrogens with one attached hydrogen (secondary N) is 1. The van der Waals surface area contributed by atoms with Crippen LogP contribution in [0.2, 0.25) is 0 Å². The highest BCUT2D eigenvalue weighted by molar-refractivity contribution is 7.91. The summed E-state index contributed by atoms with van der Waals surface area (Å²) in [6.45, 7) is 1.81. The van der Waals surface area contributed by atoms with Gasteiger partial charge in [0.05, 0.1) is 9.79 Å². The molecule has 0 aliphatic rings. The minimum absolute atomic E-state index is 0.0818. The van der Waals surface area contributed by atoms with E-state index in [0.717, 1.165) is 5.56 Å². The summed E-state index contributed by atoms with van der Waals surface area (Å²) >= 11 is 0. The van der Waals surface area contributed by atoms with Gasteiger partial charge in [-0.15, -0.1) is 0 Å². The number of carbonyl (C=O) groups is 2. The second-order valence-electron chi connectivity index (χ2n) is 7.44. The number of fused-ring (bicyclic) bond motifs is 1. The standard InChI is InChI=1S/C24H21N3O4S/c1-16-6-12-19(13-7-16)32(30,31)22-14-27(21-5-3-2-4-20(21)22)15-23(28)26-18-10-8-17(9-11-18)24(25)29/h2-14H,15H2,1H3,(H2,25,29)(H,26,28). The van der Waals surface area contributed by atoms with E-state index < -0.39 is 15.7 Å². The van der Waals surface area contributed by atoms with Crippen molar-refractivity contribution >= 4 is 38.2 Å². The molecule has 0 saturated heterocycles. The van der Waals surface area contributed by atoms with Crippen molar-refractivity contribution in [2.45, 2.75) is 23.3 Å². The third-order valence-corrected chi connectivity index (χ3v) is 6.94. The highest BCUT2D eigenvalue weighted by Gasteiger charge is 2.23. The van der Waals surface area contributed by atoms with Crippen LogP contribution in [0.15, 0.2) is 88.8 Å². The largest absolute Gasteiger partial charge is 0.366 e. The SMILES string of the molecule is Cc1ccc(S(=O)(=O)c2cn(CC(=O)Nc3ccc(C(N)=O)cc3)c3ccccc23)cc1. The molecule has 3 aromatic carbocycles. The van der Waals surface area contributed by atoms with E-state index in [0.29, 0.717) is 22.2 Å². The number of benzene rings is 3. The molecule has 162 valence electrons. The molecular formula is C24H21N3O4S. The molecule has 3 N–H and O–H groups in total. The number of nitrogens with zero attached hydrogens (tertiary/aromatic N) is 1. The Morgan fingerprint density at radius 3 is 2.25 bits per heavy atom. The topological polar surface area (TPSA) is 111 Å². The minimum atomic E-state index is -3.77. The third kappa shape index (κ3) is 4.13. The summed E-state index contributed by atoms with van der Waals surface area (Å²) in [5, 5.41) is 3.29. The van der Waals surface area contributed by atoms with Crippen LogP contribution < -0.4 is 11.1 Å². The fraction of sp³-hybridized carbons (Fsp3) is 0.0833. The zero-order valence-corrected chi connectivity index (χ0v) is 18.1. The van der Waals surface area contributed by atoms with Gasteiger partial charge in [-0.05, 0) is 49.4 Å². The summed E-state index contributed by atoms with van der Waals surface area (Å²) in [6, 6.07) is 19.9. The lowest BCUT2D eigenvalue weighted by atomic mass is 10.2. The number of amides is 2. The molecule has 7 nitrogen and oxygen atoms in total. The van der Waals surface area contributed by atoms with Gasteiger partial charge in [0.2, 0.25) is 21.7 Å². The highest BCUT2D eigenvalue weighted by Crippen LogP contribution is 2.30. The quantitative estimate of drug-likeness (QED) is 0.471. The lowest BCUT2D eigenvalue weighted by molar-refractivity contribution is -0.116. The van der Waals surface area contributed by atoms with Crippen LogP contribution in [0.5, 0.6) is 0 Å². The number of hydrogen-bond acceptors (Lipinski definition) is 4. The zero-order valence-electron chi connectivity index (χ0n) is 17.3. The van der Waals surface area contributed by atoms with Crippen LogP contribution in [-0.4, -0.2) is 24.8 Å². The molecule has 0 saturated carbocycles. The van der Waals surface area contributed by atoms with E-state index in [1.807, 2.05) is 6.92 Å². The molecule has 0 aliphatic heterocycles. The first kappa shape index (κ1) is 21.3. The average Bonchev–Trinajstić information content (AvgIpc) is 3.13. The Morgan fingerprint density at radius 2 is 1.59 bits per heavy atom. The molecule has 0 spiro atoms. The Labute approximate surface area is 185 Å². The van der Waals surface area contributed by atoms with Gasteiger partial charge < -0.3 is 15.6 Å². The molecule has 0 aliphatic carbocycles. The van der Waals surface area contributed by atoms with Crippen molar-refractivity contribution in [2.75, 3.05) is 5.32 Å². The molecule has 0 unspecified atom stereocenters. The van der Waals surface area contributed by atoms with E-state index in [1.165, 1.54) is 18.3 Å². The van der Waals surface area contributed by atoms with Crippen LogP contribution in [0.25, 0.3) is 10.9 Å². The number of nitrogens with two attached hydrogens (primary N) is 1. The van der Waals surface area contributed by atoms with Gasteiger partial charge in [-0.1, -0.05) is 35.9 Å². The molecular weight excluding hydrogens is 426 g/mol. The number of rotatable bonds is 6. The molecule has 1 heterocycles. The van der Waals surface area contributed by atoms with Gasteiger partial charge in [-0.25, -0.2) is 8.42 Å². The van der Waals surface area contributed by atoms with E-state index in [2.05, 4.69) is 5.32 Å². The number of hydrogen-bond donors (Lipinski definition) is 2. The van der Waals surface area contributed by atoms with Crippen LogP contribution in [0.1, 0.15) is 15.9 Å². The van der Waals surface area contributed by atoms with E-state index in [-0.39, 0.29) is 22.2 Å². The van der Waals surface area contributed by atoms with Crippen molar-refractivity contribution in [3.8, 4) is 0 Å². The number of aryl methyl sites for hydroxylation is 1. The second kappa shape index (κ2) is 8.32. The monoisotopic (exact) mass is 447 g/mol. The smallest absolute Gasteiger partial charge is 0.248 e. The molecule has 1 aromatic heterocycles. The first-order chi connectivity index (χ1) is 15.3. The normalized spacial score (nSPS) is 11.4. The van der Waals surface area contributed by atoms with Gasteiger partial charge in [0, 0.05) is 28.4 Å². The van der Waals surface area contributed by atoms with Crippen molar-refractivity contribution in [2.24, 2.45) is 5.73 Å². The van der Waals surface area contributed by atoms with Crippen molar-refractivity contribution in [3.05, 3.63) is 90.1 Å². The molecule has 0 atom stereocenters. The minimum Gasteiger partial charge on any atom is -0.366 e. The lowest BCUT2D eigenvalue weighted by Crippen LogP contribution is -2.18. The summed E-state index contributed by atoms with van der Waals surface area (Å²) in [5.41, 5.74) is 7.67. The van der Waals surface area contributed by atoms with Crippen molar-refractivity contribution in [3.63, 3.8) is 0 Å². The Morgan fingerprint density at radius 1 is 0.938 bits per heavy atom. The zero-order chi connectivity index (χ0) is 22.9. The number of anilines is 1. The van der Waals surface area contributed by atoms with Gasteiger partial charge in [0.15, 0.2) is 0 Å². The van der Waals surface area contributed by atoms with Gasteiger partial charge in [0.1, 0.15) is 6.54 Å². The Bertz CT molecular complexity index is 1420. The van der Waals surface area contributed by atoms with Crippen LogP contribution in [0.3, 0.4) is 0 Å². The Hall–Kier alpha value is -3.91. The lowest BCUT2D eigenvalue weighted by Gasteiger charge is -2.08. The van der Waals surface area contributed by atoms with Crippen molar-refractivity contribution in [1.82, 2.24) is 4.57 Å². The van der Waals surface area contributed by atoms with Crippen LogP contribution in [-0.2, 0) is 21.2 Å². The Kier molecular flexibility index (Phi) is 5.54. The van der Waals surface area contributed by atoms with Crippen LogP contribution >= 0.6 is 0 Å². The molecule has 4 rings (SSSR count). The fourth-order valence-corrected chi connectivity index (χ4v) is 4.95. The average molecular weight is 448 g/mol. The summed E-state index contributed by atoms with van der Waals surface area (Å²) < 4.78 is 28.2. The number of primary amides is 1. The summed E-state index contributed by atoms with van der Waals surface area (Å²) in [4.78, 5) is 24.2. The highest BCUT2D eigenvalue weighted by atomic mass is 32.2. The van der Waals surface area contributed by atoms with Crippen LogP contribution in [0, 0.1) is 6.92 Å². The molecule has 8 heteroatoms. The first-order valence-corrected chi connectivity index (χ1v) is 11.3. The third-order valence-electron chi connectivity index (χ3n) is 5.14. The van der Waals surface area contributed by atoms with E-state index >= 15 is 0 Å². The molecule has 0 fully saturated rings. The number of sulfone groups is 1. The molecule has 0 bridgehead atoms. The molecule has 2 amide bonds. The molecule has 4 aromatic rings. The second-order valence-corrected chi connectivity index (χ2v) is 9.36. The van der Waals surface area contributed by atoms with Crippen molar-refractivity contribution < 1.29 is 18.0 Å².